The number of carbonyl (C=O) groups is 1. The Bertz CT molecular complexity index is 469. The van der Waals surface area contributed by atoms with Crippen LogP contribution < -0.4 is 0 Å². The molecule has 0 saturated carbocycles. The van der Waals surface area contributed by atoms with Crippen LogP contribution in [0.5, 0.6) is 0 Å². The molecule has 0 bridgehead atoms. The molecule has 1 aromatic rings. The number of halogens is 3. The number of oxime groups is 1. The van der Waals surface area contributed by atoms with Gasteiger partial charge in [0.1, 0.15) is 0 Å². The van der Waals surface area contributed by atoms with Gasteiger partial charge in [-0.1, -0.05) is 17.3 Å². The summed E-state index contributed by atoms with van der Waals surface area (Å²) in [5.41, 5.74) is -1.91. The van der Waals surface area contributed by atoms with Crippen molar-refractivity contribution in [1.29, 1.82) is 0 Å². The van der Waals surface area contributed by atoms with Crippen molar-refractivity contribution in [2.24, 2.45) is 5.16 Å². The Hall–Kier alpha value is -2.05. The number of rotatable bonds is 3. The zero-order valence-electron chi connectivity index (χ0n) is 9.36. The smallest absolute Gasteiger partial charge is 0.437 e. The Morgan fingerprint density at radius 2 is 2.00 bits per heavy atom. The van der Waals surface area contributed by atoms with Crippen LogP contribution in [0.3, 0.4) is 0 Å². The first-order valence-electron chi connectivity index (χ1n) is 4.97. The molecule has 0 aliphatic heterocycles. The van der Waals surface area contributed by atoms with Crippen molar-refractivity contribution in [3.8, 4) is 0 Å². The van der Waals surface area contributed by atoms with E-state index in [2.05, 4.69) is 9.89 Å². The molecule has 0 saturated heterocycles. The molecule has 0 aliphatic rings. The second-order valence-corrected chi connectivity index (χ2v) is 3.25. The summed E-state index contributed by atoms with van der Waals surface area (Å²) in [4.78, 5) is 11.4. The first-order valence-corrected chi connectivity index (χ1v) is 4.97. The van der Waals surface area contributed by atoms with E-state index < -0.39 is 23.4 Å². The van der Waals surface area contributed by atoms with Crippen molar-refractivity contribution < 1.29 is 27.9 Å². The van der Waals surface area contributed by atoms with E-state index >= 15 is 0 Å². The highest BCUT2D eigenvalue weighted by molar-refractivity contribution is 6.05. The molecule has 0 heterocycles. The van der Waals surface area contributed by atoms with Crippen molar-refractivity contribution in [2.75, 3.05) is 6.61 Å². The molecule has 0 fully saturated rings. The van der Waals surface area contributed by atoms with E-state index in [1.165, 1.54) is 12.1 Å². The van der Waals surface area contributed by atoms with Crippen LogP contribution in [0, 0.1) is 0 Å². The summed E-state index contributed by atoms with van der Waals surface area (Å²) in [6.45, 7) is 1.70. The molecule has 18 heavy (non-hydrogen) atoms. The number of esters is 1. The van der Waals surface area contributed by atoms with E-state index in [0.29, 0.717) is 0 Å². The first-order chi connectivity index (χ1) is 8.40. The largest absolute Gasteiger partial charge is 0.462 e. The number of benzene rings is 1. The third-order valence-electron chi connectivity index (χ3n) is 2.02. The molecular weight excluding hydrogens is 251 g/mol. The maximum Gasteiger partial charge on any atom is 0.437 e. The lowest BCUT2D eigenvalue weighted by atomic mass is 10.1. The normalized spacial score (nSPS) is 12.3. The Labute approximate surface area is 101 Å². The van der Waals surface area contributed by atoms with Gasteiger partial charge in [-0.15, -0.1) is 0 Å². The van der Waals surface area contributed by atoms with Gasteiger partial charge in [0.05, 0.1) is 12.2 Å². The second kappa shape index (κ2) is 5.52. The average Bonchev–Trinajstić information content (AvgIpc) is 2.29. The summed E-state index contributed by atoms with van der Waals surface area (Å²) in [6, 6.07) is 4.61. The van der Waals surface area contributed by atoms with Gasteiger partial charge in [-0.3, -0.25) is 0 Å². The Morgan fingerprint density at radius 3 is 2.50 bits per heavy atom. The molecule has 0 spiro atoms. The van der Waals surface area contributed by atoms with Crippen LogP contribution >= 0.6 is 0 Å². The average molecular weight is 261 g/mol. The molecule has 7 heteroatoms. The third-order valence-corrected chi connectivity index (χ3v) is 2.02. The maximum absolute atomic E-state index is 12.5. The summed E-state index contributed by atoms with van der Waals surface area (Å²) < 4.78 is 42.1. The lowest BCUT2D eigenvalue weighted by Crippen LogP contribution is -2.24. The fourth-order valence-electron chi connectivity index (χ4n) is 1.29. The van der Waals surface area contributed by atoms with Gasteiger partial charge >= 0.3 is 12.1 Å². The highest BCUT2D eigenvalue weighted by Gasteiger charge is 2.37. The lowest BCUT2D eigenvalue weighted by Gasteiger charge is -2.09. The molecule has 4 nitrogen and oxygen atoms in total. The number of ether oxygens (including phenoxy) is 1. The number of alkyl halides is 3. The minimum Gasteiger partial charge on any atom is -0.462 e. The van der Waals surface area contributed by atoms with Gasteiger partial charge < -0.3 is 9.94 Å². The molecule has 0 aliphatic carbocycles. The van der Waals surface area contributed by atoms with Gasteiger partial charge in [-0.2, -0.15) is 13.2 Å². The quantitative estimate of drug-likeness (QED) is 0.394. The van der Waals surface area contributed by atoms with Crippen molar-refractivity contribution in [3.63, 3.8) is 0 Å². The number of hydrogen-bond acceptors (Lipinski definition) is 4. The third kappa shape index (κ3) is 3.22. The van der Waals surface area contributed by atoms with E-state index in [1.54, 1.807) is 6.92 Å². The molecule has 0 amide bonds. The highest BCUT2D eigenvalue weighted by Crippen LogP contribution is 2.23. The van der Waals surface area contributed by atoms with E-state index in [1.807, 2.05) is 0 Å². The van der Waals surface area contributed by atoms with Crippen LogP contribution in [0.25, 0.3) is 0 Å². The minimum absolute atomic E-state index is 0.0419. The lowest BCUT2D eigenvalue weighted by molar-refractivity contribution is -0.0601. The van der Waals surface area contributed by atoms with Gasteiger partial charge in [0, 0.05) is 5.56 Å². The Kier molecular flexibility index (Phi) is 4.30. The molecule has 1 N–H and O–H groups in total. The van der Waals surface area contributed by atoms with E-state index in [-0.39, 0.29) is 12.2 Å². The summed E-state index contributed by atoms with van der Waals surface area (Å²) in [5, 5.41) is 10.6. The molecule has 0 radical (unpaired) electrons. The van der Waals surface area contributed by atoms with Crippen molar-refractivity contribution in [3.05, 3.63) is 35.4 Å². The fraction of sp³-hybridized carbons (Fsp3) is 0.273. The minimum atomic E-state index is -4.80. The molecule has 0 atom stereocenters. The van der Waals surface area contributed by atoms with E-state index in [4.69, 9.17) is 5.21 Å². The SMILES string of the molecule is CCOC(=O)c1cccc(/C(=N\O)C(F)(F)F)c1. The van der Waals surface area contributed by atoms with E-state index in [0.717, 1.165) is 12.1 Å². The monoisotopic (exact) mass is 261 g/mol. The number of hydrogen-bond donors (Lipinski definition) is 1. The van der Waals surface area contributed by atoms with Crippen LogP contribution in [0.1, 0.15) is 22.8 Å². The van der Waals surface area contributed by atoms with Gasteiger partial charge in [-0.25, -0.2) is 4.79 Å². The van der Waals surface area contributed by atoms with Crippen LogP contribution in [-0.2, 0) is 4.74 Å². The van der Waals surface area contributed by atoms with Gasteiger partial charge in [0.25, 0.3) is 0 Å². The summed E-state index contributed by atoms with van der Waals surface area (Å²) in [5.74, 6) is -0.737. The zero-order chi connectivity index (χ0) is 13.8. The Morgan fingerprint density at radius 1 is 1.39 bits per heavy atom. The molecule has 98 valence electrons. The summed E-state index contributed by atoms with van der Waals surface area (Å²) in [7, 11) is 0. The van der Waals surface area contributed by atoms with Crippen LogP contribution in [-0.4, -0.2) is 29.7 Å². The second-order valence-electron chi connectivity index (χ2n) is 3.25. The van der Waals surface area contributed by atoms with Crippen LogP contribution in [0.15, 0.2) is 29.4 Å². The number of nitrogens with zero attached hydrogens (tertiary/aromatic N) is 1. The van der Waals surface area contributed by atoms with Gasteiger partial charge in [0.2, 0.25) is 0 Å². The van der Waals surface area contributed by atoms with Gasteiger partial charge in [0.15, 0.2) is 5.71 Å². The summed E-state index contributed by atoms with van der Waals surface area (Å²) in [6.07, 6.45) is -4.80. The van der Waals surface area contributed by atoms with Crippen molar-refractivity contribution in [1.82, 2.24) is 0 Å². The maximum atomic E-state index is 12.5. The molecule has 1 rings (SSSR count). The molecule has 1 aromatic carbocycles. The summed E-state index contributed by atoms with van der Waals surface area (Å²) >= 11 is 0. The van der Waals surface area contributed by atoms with Crippen LogP contribution in [0.4, 0.5) is 13.2 Å². The molecular formula is C11H10F3NO3. The topological polar surface area (TPSA) is 58.9 Å². The molecule has 0 aromatic heterocycles. The van der Waals surface area contributed by atoms with Crippen molar-refractivity contribution in [2.45, 2.75) is 13.1 Å². The fourth-order valence-corrected chi connectivity index (χ4v) is 1.29. The first kappa shape index (κ1) is 14.0. The zero-order valence-corrected chi connectivity index (χ0v) is 9.36. The van der Waals surface area contributed by atoms with Gasteiger partial charge in [-0.05, 0) is 19.1 Å². The highest BCUT2D eigenvalue weighted by atomic mass is 19.4. The standard InChI is InChI=1S/C11H10F3NO3/c1-2-18-10(16)8-5-3-4-7(6-8)9(15-17)11(12,13)14/h3-6,17H,2H2,1H3/b15-9+. The molecule has 0 unspecified atom stereocenters. The predicted octanol–water partition coefficient (Wildman–Crippen LogP) is 2.60. The van der Waals surface area contributed by atoms with Crippen molar-refractivity contribution >= 4 is 11.7 Å². The van der Waals surface area contributed by atoms with Crippen LogP contribution in [0.2, 0.25) is 0 Å². The predicted molar refractivity (Wildman–Crippen MR) is 56.8 cm³/mol. The van der Waals surface area contributed by atoms with E-state index in [9.17, 15) is 18.0 Å². The number of carbonyl (C=O) groups excluding carboxylic acids is 1. The Balaban J connectivity index is 3.13.